The third-order valence-corrected chi connectivity index (χ3v) is 2.60. The van der Waals surface area contributed by atoms with Crippen LogP contribution in [0.2, 0.25) is 0 Å². The normalized spacial score (nSPS) is 11.7. The summed E-state index contributed by atoms with van der Waals surface area (Å²) < 4.78 is 5.36. The smallest absolute Gasteiger partial charge is 0.258 e. The van der Waals surface area contributed by atoms with Gasteiger partial charge in [0.1, 0.15) is 11.8 Å². The number of hydrogen-bond acceptors (Lipinski definition) is 3. The first-order chi connectivity index (χ1) is 9.02. The minimum absolute atomic E-state index is 0.0683. The number of carbonyl (C=O) groups is 1. The largest absolute Gasteiger partial charge is 0.482 e. The van der Waals surface area contributed by atoms with Gasteiger partial charge in [0.15, 0.2) is 6.61 Å². The highest BCUT2D eigenvalue weighted by Gasteiger charge is 2.10. The van der Waals surface area contributed by atoms with Crippen molar-refractivity contribution in [2.75, 3.05) is 6.61 Å². The van der Waals surface area contributed by atoms with Crippen molar-refractivity contribution in [3.8, 4) is 11.8 Å². The maximum Gasteiger partial charge on any atom is 0.258 e. The van der Waals surface area contributed by atoms with Gasteiger partial charge in [0, 0.05) is 6.04 Å². The molecule has 19 heavy (non-hydrogen) atoms. The summed E-state index contributed by atoms with van der Waals surface area (Å²) in [5, 5.41) is 11.8. The van der Waals surface area contributed by atoms with Crippen LogP contribution >= 0.6 is 0 Å². The Hall–Kier alpha value is -2.02. The Kier molecular flexibility index (Phi) is 5.87. The quantitative estimate of drug-likeness (QED) is 0.854. The lowest BCUT2D eigenvalue weighted by Crippen LogP contribution is -2.36. The molecule has 0 fully saturated rings. The van der Waals surface area contributed by atoms with E-state index in [1.807, 2.05) is 13.0 Å². The molecular weight excluding hydrogens is 240 g/mol. The third kappa shape index (κ3) is 5.43. The Morgan fingerprint density at radius 2 is 2.05 bits per heavy atom. The van der Waals surface area contributed by atoms with E-state index in [0.717, 1.165) is 6.42 Å². The van der Waals surface area contributed by atoms with Crippen molar-refractivity contribution >= 4 is 5.91 Å². The predicted octanol–water partition coefficient (Wildman–Crippen LogP) is 2.49. The second-order valence-corrected chi connectivity index (χ2v) is 4.99. The molecule has 0 bridgehead atoms. The Morgan fingerprint density at radius 3 is 2.68 bits per heavy atom. The van der Waals surface area contributed by atoms with E-state index in [0.29, 0.717) is 17.2 Å². The molecule has 0 saturated heterocycles. The molecule has 1 unspecified atom stereocenters. The zero-order valence-electron chi connectivity index (χ0n) is 11.6. The molecule has 0 aromatic heterocycles. The fourth-order valence-electron chi connectivity index (χ4n) is 1.91. The number of carbonyl (C=O) groups excluding carboxylic acids is 1. The van der Waals surface area contributed by atoms with Crippen LogP contribution in [-0.2, 0) is 4.79 Å². The van der Waals surface area contributed by atoms with Crippen molar-refractivity contribution in [1.29, 1.82) is 5.26 Å². The van der Waals surface area contributed by atoms with Crippen LogP contribution in [0.3, 0.4) is 0 Å². The third-order valence-electron chi connectivity index (χ3n) is 2.60. The maximum absolute atomic E-state index is 11.7. The molecule has 1 atom stereocenters. The fraction of sp³-hybridized carbons (Fsp3) is 0.467. The van der Waals surface area contributed by atoms with Crippen molar-refractivity contribution in [3.63, 3.8) is 0 Å². The van der Waals surface area contributed by atoms with Crippen molar-refractivity contribution in [2.45, 2.75) is 33.2 Å². The molecule has 0 heterocycles. The first-order valence-corrected chi connectivity index (χ1v) is 6.44. The van der Waals surface area contributed by atoms with E-state index in [1.54, 1.807) is 24.3 Å². The lowest BCUT2D eigenvalue weighted by molar-refractivity contribution is -0.123. The van der Waals surface area contributed by atoms with Gasteiger partial charge in [-0.2, -0.15) is 5.26 Å². The molecule has 1 aromatic carbocycles. The van der Waals surface area contributed by atoms with Gasteiger partial charge in [-0.3, -0.25) is 4.79 Å². The molecule has 1 N–H and O–H groups in total. The molecule has 0 spiro atoms. The summed E-state index contributed by atoms with van der Waals surface area (Å²) in [7, 11) is 0. The van der Waals surface area contributed by atoms with Gasteiger partial charge in [0.25, 0.3) is 5.91 Å². The summed E-state index contributed by atoms with van der Waals surface area (Å²) in [6.07, 6.45) is 0.931. The van der Waals surface area contributed by atoms with Crippen LogP contribution in [0.1, 0.15) is 32.8 Å². The van der Waals surface area contributed by atoms with Gasteiger partial charge in [0.2, 0.25) is 0 Å². The first-order valence-electron chi connectivity index (χ1n) is 6.44. The lowest BCUT2D eigenvalue weighted by atomic mass is 10.1. The Balaban J connectivity index is 2.44. The van der Waals surface area contributed by atoms with E-state index in [1.165, 1.54) is 0 Å². The topological polar surface area (TPSA) is 62.1 Å². The van der Waals surface area contributed by atoms with Crippen LogP contribution < -0.4 is 10.1 Å². The van der Waals surface area contributed by atoms with Gasteiger partial charge in [-0.15, -0.1) is 0 Å². The van der Waals surface area contributed by atoms with Crippen molar-refractivity contribution in [1.82, 2.24) is 5.32 Å². The number of amides is 1. The van der Waals surface area contributed by atoms with Gasteiger partial charge in [-0.1, -0.05) is 26.0 Å². The SMILES string of the molecule is CC(C)CC(C)NC(=O)COc1ccccc1C#N. The molecule has 0 aliphatic carbocycles. The highest BCUT2D eigenvalue weighted by molar-refractivity contribution is 5.77. The molecule has 4 nitrogen and oxygen atoms in total. The average Bonchev–Trinajstić information content (AvgIpc) is 2.35. The minimum Gasteiger partial charge on any atom is -0.482 e. The Labute approximate surface area is 114 Å². The molecule has 1 amide bonds. The number of nitrogens with zero attached hydrogens (tertiary/aromatic N) is 1. The average molecular weight is 260 g/mol. The number of rotatable bonds is 6. The number of ether oxygens (including phenoxy) is 1. The van der Waals surface area contributed by atoms with Gasteiger partial charge >= 0.3 is 0 Å². The van der Waals surface area contributed by atoms with Gasteiger partial charge in [0.05, 0.1) is 5.56 Å². The molecular formula is C15H20N2O2. The second kappa shape index (κ2) is 7.42. The molecule has 4 heteroatoms. The fourth-order valence-corrected chi connectivity index (χ4v) is 1.91. The van der Waals surface area contributed by atoms with Crippen molar-refractivity contribution in [3.05, 3.63) is 29.8 Å². The van der Waals surface area contributed by atoms with Gasteiger partial charge < -0.3 is 10.1 Å². The molecule has 0 radical (unpaired) electrons. The van der Waals surface area contributed by atoms with Gasteiger partial charge in [-0.05, 0) is 31.4 Å². The summed E-state index contributed by atoms with van der Waals surface area (Å²) in [5.41, 5.74) is 0.436. The summed E-state index contributed by atoms with van der Waals surface area (Å²) in [6, 6.07) is 9.04. The summed E-state index contributed by atoms with van der Waals surface area (Å²) >= 11 is 0. The van der Waals surface area contributed by atoms with E-state index in [4.69, 9.17) is 10.00 Å². The minimum atomic E-state index is -0.166. The van der Waals surface area contributed by atoms with Crippen LogP contribution in [-0.4, -0.2) is 18.6 Å². The number of hydrogen-bond donors (Lipinski definition) is 1. The predicted molar refractivity (Wildman–Crippen MR) is 73.7 cm³/mol. The van der Waals surface area contributed by atoms with E-state index < -0.39 is 0 Å². The maximum atomic E-state index is 11.7. The molecule has 1 aromatic rings. The van der Waals surface area contributed by atoms with Crippen LogP contribution in [0.4, 0.5) is 0 Å². The number of nitrogens with one attached hydrogen (secondary N) is 1. The van der Waals surface area contributed by atoms with E-state index in [2.05, 4.69) is 19.2 Å². The zero-order chi connectivity index (χ0) is 14.3. The van der Waals surface area contributed by atoms with E-state index >= 15 is 0 Å². The number of nitriles is 1. The second-order valence-electron chi connectivity index (χ2n) is 4.99. The molecule has 0 saturated carbocycles. The Bertz CT molecular complexity index is 463. The van der Waals surface area contributed by atoms with Crippen molar-refractivity contribution < 1.29 is 9.53 Å². The molecule has 102 valence electrons. The molecule has 1 rings (SSSR count). The highest BCUT2D eigenvalue weighted by Crippen LogP contribution is 2.16. The van der Waals surface area contributed by atoms with E-state index in [9.17, 15) is 4.79 Å². The highest BCUT2D eigenvalue weighted by atomic mass is 16.5. The summed E-state index contributed by atoms with van der Waals surface area (Å²) in [4.78, 5) is 11.7. The molecule has 0 aliphatic rings. The van der Waals surface area contributed by atoms with Crippen LogP contribution in [0, 0.1) is 17.2 Å². The van der Waals surface area contributed by atoms with Crippen molar-refractivity contribution in [2.24, 2.45) is 5.92 Å². The first kappa shape index (κ1) is 15.0. The van der Waals surface area contributed by atoms with E-state index in [-0.39, 0.29) is 18.6 Å². The standard InChI is InChI=1S/C15H20N2O2/c1-11(2)8-12(3)17-15(18)10-19-14-7-5-4-6-13(14)9-16/h4-7,11-12H,8,10H2,1-3H3,(H,17,18). The lowest BCUT2D eigenvalue weighted by Gasteiger charge is -2.16. The summed E-state index contributed by atoms with van der Waals surface area (Å²) in [5.74, 6) is 0.813. The Morgan fingerprint density at radius 1 is 1.37 bits per heavy atom. The van der Waals surface area contributed by atoms with Crippen LogP contribution in [0.5, 0.6) is 5.75 Å². The zero-order valence-corrected chi connectivity index (χ0v) is 11.6. The van der Waals surface area contributed by atoms with Gasteiger partial charge in [-0.25, -0.2) is 0 Å². The summed E-state index contributed by atoms with van der Waals surface area (Å²) in [6.45, 7) is 6.13. The van der Waals surface area contributed by atoms with Crippen LogP contribution in [0.15, 0.2) is 24.3 Å². The number of para-hydroxylation sites is 1. The number of benzene rings is 1. The molecule has 0 aliphatic heterocycles. The van der Waals surface area contributed by atoms with Crippen LogP contribution in [0.25, 0.3) is 0 Å². The monoisotopic (exact) mass is 260 g/mol.